The lowest BCUT2D eigenvalue weighted by Crippen LogP contribution is -2.22. The second-order valence-corrected chi connectivity index (χ2v) is 6.97. The van der Waals surface area contributed by atoms with Crippen LogP contribution in [0.1, 0.15) is 25.1 Å². The van der Waals surface area contributed by atoms with Crippen molar-refractivity contribution in [3.63, 3.8) is 0 Å². The second-order valence-electron chi connectivity index (χ2n) is 5.94. The highest BCUT2D eigenvalue weighted by Crippen LogP contribution is 2.19. The minimum Gasteiger partial charge on any atom is -0.377 e. The molecular formula is C17H23N5O2S. The van der Waals surface area contributed by atoms with E-state index in [1.54, 1.807) is 11.8 Å². The van der Waals surface area contributed by atoms with Gasteiger partial charge in [-0.1, -0.05) is 0 Å². The SMILES string of the molecule is NCc1nc(-c2ccc(NC(=O)CSCC3CCCCO3)cc2)n[nH]1. The number of anilines is 1. The van der Waals surface area contributed by atoms with Gasteiger partial charge in [-0.15, -0.1) is 11.8 Å². The van der Waals surface area contributed by atoms with E-state index in [4.69, 9.17) is 10.5 Å². The van der Waals surface area contributed by atoms with Crippen molar-refractivity contribution in [3.8, 4) is 11.4 Å². The lowest BCUT2D eigenvalue weighted by molar-refractivity contribution is -0.113. The van der Waals surface area contributed by atoms with Crippen LogP contribution in [0, 0.1) is 0 Å². The first-order valence-electron chi connectivity index (χ1n) is 8.45. The van der Waals surface area contributed by atoms with Crippen molar-refractivity contribution >= 4 is 23.4 Å². The zero-order chi connectivity index (χ0) is 17.5. The van der Waals surface area contributed by atoms with Gasteiger partial charge < -0.3 is 15.8 Å². The van der Waals surface area contributed by atoms with E-state index < -0.39 is 0 Å². The molecule has 7 nitrogen and oxygen atoms in total. The number of thioether (sulfide) groups is 1. The summed E-state index contributed by atoms with van der Waals surface area (Å²) >= 11 is 1.62. The highest BCUT2D eigenvalue weighted by Gasteiger charge is 2.14. The maximum absolute atomic E-state index is 12.0. The zero-order valence-electron chi connectivity index (χ0n) is 14.0. The molecule has 134 valence electrons. The number of carbonyl (C=O) groups excluding carboxylic acids is 1. The lowest BCUT2D eigenvalue weighted by Gasteiger charge is -2.21. The Balaban J connectivity index is 1.45. The molecule has 1 aromatic carbocycles. The molecule has 0 radical (unpaired) electrons. The molecule has 4 N–H and O–H groups in total. The van der Waals surface area contributed by atoms with E-state index in [2.05, 4.69) is 20.5 Å². The Kier molecular flexibility index (Phi) is 6.43. The van der Waals surface area contributed by atoms with Crippen molar-refractivity contribution in [3.05, 3.63) is 30.1 Å². The predicted molar refractivity (Wildman–Crippen MR) is 99.3 cm³/mol. The van der Waals surface area contributed by atoms with Crippen molar-refractivity contribution < 1.29 is 9.53 Å². The monoisotopic (exact) mass is 361 g/mol. The van der Waals surface area contributed by atoms with Crippen LogP contribution in [-0.4, -0.2) is 45.3 Å². The van der Waals surface area contributed by atoms with Gasteiger partial charge in [0.25, 0.3) is 0 Å². The average molecular weight is 361 g/mol. The molecule has 1 aromatic heterocycles. The Morgan fingerprint density at radius 1 is 1.36 bits per heavy atom. The van der Waals surface area contributed by atoms with Gasteiger partial charge in [-0.3, -0.25) is 9.89 Å². The van der Waals surface area contributed by atoms with Crippen molar-refractivity contribution in [1.29, 1.82) is 0 Å². The number of hydrogen-bond acceptors (Lipinski definition) is 6. The Morgan fingerprint density at radius 3 is 2.88 bits per heavy atom. The van der Waals surface area contributed by atoms with Crippen LogP contribution in [0.25, 0.3) is 11.4 Å². The van der Waals surface area contributed by atoms with Crippen LogP contribution in [0.5, 0.6) is 0 Å². The van der Waals surface area contributed by atoms with Gasteiger partial charge in [-0.25, -0.2) is 4.98 Å². The number of nitrogens with two attached hydrogens (primary N) is 1. The molecule has 1 unspecified atom stereocenters. The number of aromatic amines is 1. The van der Waals surface area contributed by atoms with Crippen molar-refractivity contribution in [2.45, 2.75) is 31.9 Å². The number of rotatable bonds is 7. The number of H-pyrrole nitrogens is 1. The standard InChI is InChI=1S/C17H23N5O2S/c18-9-15-20-17(22-21-15)12-4-6-13(7-5-12)19-16(23)11-25-10-14-3-1-2-8-24-14/h4-7,14H,1-3,8-11,18H2,(H,19,23)(H,20,21,22). The molecule has 1 amide bonds. The second kappa shape index (κ2) is 8.98. The van der Waals surface area contributed by atoms with E-state index in [0.717, 1.165) is 36.5 Å². The molecule has 1 aliphatic rings. The topological polar surface area (TPSA) is 106 Å². The fourth-order valence-corrected chi connectivity index (χ4v) is 3.54. The lowest BCUT2D eigenvalue weighted by atomic mass is 10.1. The van der Waals surface area contributed by atoms with Gasteiger partial charge in [0.15, 0.2) is 5.82 Å². The third-order valence-corrected chi connectivity index (χ3v) is 5.04. The number of amides is 1. The summed E-state index contributed by atoms with van der Waals surface area (Å²) in [4.78, 5) is 16.3. The fraction of sp³-hybridized carbons (Fsp3) is 0.471. The third kappa shape index (κ3) is 5.29. The average Bonchev–Trinajstić information content (AvgIpc) is 3.12. The van der Waals surface area contributed by atoms with Crippen LogP contribution < -0.4 is 11.1 Å². The number of hydrogen-bond donors (Lipinski definition) is 3. The normalized spacial score (nSPS) is 17.4. The Hall–Kier alpha value is -1.90. The Bertz CT molecular complexity index is 683. The Morgan fingerprint density at radius 2 is 2.20 bits per heavy atom. The summed E-state index contributed by atoms with van der Waals surface area (Å²) in [5, 5.41) is 9.80. The van der Waals surface area contributed by atoms with Gasteiger partial charge in [0.2, 0.25) is 5.91 Å². The number of nitrogens with zero attached hydrogens (tertiary/aromatic N) is 2. The minimum atomic E-state index is -0.00290. The highest BCUT2D eigenvalue weighted by molar-refractivity contribution is 8.00. The molecule has 1 aliphatic heterocycles. The van der Waals surface area contributed by atoms with E-state index in [0.29, 0.717) is 30.1 Å². The molecule has 2 heterocycles. The molecule has 1 fully saturated rings. The van der Waals surface area contributed by atoms with E-state index in [1.807, 2.05) is 24.3 Å². The van der Waals surface area contributed by atoms with Crippen LogP contribution >= 0.6 is 11.8 Å². The molecule has 0 saturated carbocycles. The maximum Gasteiger partial charge on any atom is 0.234 e. The van der Waals surface area contributed by atoms with Gasteiger partial charge in [0, 0.05) is 23.6 Å². The molecule has 0 aliphatic carbocycles. The van der Waals surface area contributed by atoms with Gasteiger partial charge in [-0.05, 0) is 43.5 Å². The summed E-state index contributed by atoms with van der Waals surface area (Å²) in [6, 6.07) is 7.45. The van der Waals surface area contributed by atoms with Gasteiger partial charge in [0.05, 0.1) is 18.4 Å². The summed E-state index contributed by atoms with van der Waals surface area (Å²) in [5.41, 5.74) is 7.15. The van der Waals surface area contributed by atoms with E-state index >= 15 is 0 Å². The van der Waals surface area contributed by atoms with Crippen LogP contribution in [0.4, 0.5) is 5.69 Å². The molecule has 3 rings (SSSR count). The van der Waals surface area contributed by atoms with Crippen LogP contribution in [0.2, 0.25) is 0 Å². The molecule has 2 aromatic rings. The van der Waals surface area contributed by atoms with Gasteiger partial charge in [0.1, 0.15) is 5.82 Å². The van der Waals surface area contributed by atoms with Crippen LogP contribution in [0.15, 0.2) is 24.3 Å². The fourth-order valence-electron chi connectivity index (χ4n) is 2.64. The van der Waals surface area contributed by atoms with E-state index in [9.17, 15) is 4.79 Å². The molecular weight excluding hydrogens is 338 g/mol. The smallest absolute Gasteiger partial charge is 0.234 e. The van der Waals surface area contributed by atoms with Gasteiger partial charge in [-0.2, -0.15) is 5.10 Å². The quantitative estimate of drug-likeness (QED) is 0.698. The van der Waals surface area contributed by atoms with Gasteiger partial charge >= 0.3 is 0 Å². The summed E-state index contributed by atoms with van der Waals surface area (Å²) in [7, 11) is 0. The number of nitrogens with one attached hydrogen (secondary N) is 2. The number of carbonyl (C=O) groups is 1. The molecule has 1 saturated heterocycles. The third-order valence-electron chi connectivity index (χ3n) is 3.96. The molecule has 25 heavy (non-hydrogen) atoms. The first-order chi connectivity index (χ1) is 12.2. The molecule has 0 bridgehead atoms. The van der Waals surface area contributed by atoms with E-state index in [-0.39, 0.29) is 5.91 Å². The number of aromatic nitrogens is 3. The summed E-state index contributed by atoms with van der Waals surface area (Å²) in [6.45, 7) is 1.17. The van der Waals surface area contributed by atoms with Crippen molar-refractivity contribution in [2.24, 2.45) is 5.73 Å². The number of benzene rings is 1. The number of ether oxygens (including phenoxy) is 1. The molecule has 0 spiro atoms. The summed E-state index contributed by atoms with van der Waals surface area (Å²) < 4.78 is 5.67. The summed E-state index contributed by atoms with van der Waals surface area (Å²) in [6.07, 6.45) is 3.77. The first-order valence-corrected chi connectivity index (χ1v) is 9.61. The van der Waals surface area contributed by atoms with Crippen molar-refractivity contribution in [2.75, 3.05) is 23.4 Å². The van der Waals surface area contributed by atoms with Crippen LogP contribution in [0.3, 0.4) is 0 Å². The van der Waals surface area contributed by atoms with E-state index in [1.165, 1.54) is 6.42 Å². The summed E-state index contributed by atoms with van der Waals surface area (Å²) in [5.74, 6) is 2.55. The molecule has 1 atom stereocenters. The largest absolute Gasteiger partial charge is 0.377 e. The maximum atomic E-state index is 12.0. The Labute approximate surface area is 151 Å². The predicted octanol–water partition coefficient (Wildman–Crippen LogP) is 2.17. The highest BCUT2D eigenvalue weighted by atomic mass is 32.2. The molecule has 8 heteroatoms. The minimum absolute atomic E-state index is 0.00290. The van der Waals surface area contributed by atoms with Crippen LogP contribution in [-0.2, 0) is 16.1 Å². The first kappa shape index (κ1) is 17.9. The van der Waals surface area contributed by atoms with Crippen molar-refractivity contribution in [1.82, 2.24) is 15.2 Å². The zero-order valence-corrected chi connectivity index (χ0v) is 14.8.